The normalized spacial score (nSPS) is 14.0. The lowest BCUT2D eigenvalue weighted by molar-refractivity contribution is 0.0985. The van der Waals surface area contributed by atoms with Gasteiger partial charge in [0.2, 0.25) is 10.0 Å². The molecule has 0 bridgehead atoms. The van der Waals surface area contributed by atoms with E-state index < -0.39 is 10.0 Å². The third-order valence-corrected chi connectivity index (χ3v) is 6.34. The number of fused-ring (bicyclic) bond motifs is 1. The Balaban J connectivity index is 2.07. The number of aryl methyl sites for hydroxylation is 2. The van der Waals surface area contributed by atoms with Crippen LogP contribution in [0.2, 0.25) is 0 Å². The van der Waals surface area contributed by atoms with Gasteiger partial charge in [-0.2, -0.15) is 0 Å². The highest BCUT2D eigenvalue weighted by molar-refractivity contribution is 7.89. The number of carbonyl (C=O) groups is 1. The molecule has 0 unspecified atom stereocenters. The fourth-order valence-electron chi connectivity index (χ4n) is 3.57. The van der Waals surface area contributed by atoms with Crippen LogP contribution in [0.4, 0.5) is 5.69 Å². The van der Waals surface area contributed by atoms with Crippen LogP contribution in [0.5, 0.6) is 5.75 Å². The van der Waals surface area contributed by atoms with Gasteiger partial charge in [-0.3, -0.25) is 4.79 Å². The van der Waals surface area contributed by atoms with Crippen molar-refractivity contribution in [3.05, 3.63) is 52.6 Å². The van der Waals surface area contributed by atoms with E-state index >= 15 is 0 Å². The second-order valence-corrected chi connectivity index (χ2v) is 8.57. The molecule has 6 nitrogen and oxygen atoms in total. The molecule has 1 aliphatic heterocycles. The average molecular weight is 388 g/mol. The van der Waals surface area contributed by atoms with Crippen molar-refractivity contribution >= 4 is 21.6 Å². The fraction of sp³-hybridized carbons (Fsp3) is 0.350. The Labute approximate surface area is 160 Å². The second-order valence-electron chi connectivity index (χ2n) is 6.71. The molecule has 1 heterocycles. The van der Waals surface area contributed by atoms with Crippen LogP contribution in [0.3, 0.4) is 0 Å². The smallest absolute Gasteiger partial charge is 0.258 e. The first-order valence-corrected chi connectivity index (χ1v) is 10.3. The molecule has 0 fully saturated rings. The van der Waals surface area contributed by atoms with Crippen molar-refractivity contribution in [1.82, 2.24) is 4.72 Å². The van der Waals surface area contributed by atoms with Gasteiger partial charge in [-0.1, -0.05) is 6.07 Å². The summed E-state index contributed by atoms with van der Waals surface area (Å²) in [6, 6.07) is 8.65. The minimum Gasteiger partial charge on any atom is -0.495 e. The largest absolute Gasteiger partial charge is 0.495 e. The van der Waals surface area contributed by atoms with E-state index in [-0.39, 0.29) is 16.6 Å². The molecular weight excluding hydrogens is 364 g/mol. The highest BCUT2D eigenvalue weighted by atomic mass is 32.2. The molecule has 7 heteroatoms. The number of nitrogens with zero attached hydrogens (tertiary/aromatic N) is 1. The number of sulfonamides is 1. The lowest BCUT2D eigenvalue weighted by Crippen LogP contribution is -2.36. The quantitative estimate of drug-likeness (QED) is 0.874. The number of nitrogens with one attached hydrogen (secondary N) is 1. The number of benzene rings is 2. The predicted octanol–water partition coefficient (Wildman–Crippen LogP) is 2.81. The molecule has 2 aromatic carbocycles. The van der Waals surface area contributed by atoms with Crippen molar-refractivity contribution in [2.75, 3.05) is 25.6 Å². The van der Waals surface area contributed by atoms with Gasteiger partial charge in [0.1, 0.15) is 10.6 Å². The van der Waals surface area contributed by atoms with E-state index in [1.54, 1.807) is 11.0 Å². The molecule has 0 atom stereocenters. The molecule has 1 N–H and O–H groups in total. The number of methoxy groups -OCH3 is 1. The molecular formula is C20H24N2O4S. The van der Waals surface area contributed by atoms with Gasteiger partial charge >= 0.3 is 0 Å². The zero-order valence-electron chi connectivity index (χ0n) is 16.0. The number of rotatable bonds is 4. The number of anilines is 1. The Kier molecular flexibility index (Phi) is 5.26. The van der Waals surface area contributed by atoms with Crippen LogP contribution >= 0.6 is 0 Å². The van der Waals surface area contributed by atoms with Gasteiger partial charge in [0.25, 0.3) is 5.91 Å². The Morgan fingerprint density at radius 3 is 2.59 bits per heavy atom. The van der Waals surface area contributed by atoms with E-state index in [1.807, 2.05) is 13.0 Å². The number of hydrogen-bond donors (Lipinski definition) is 1. The van der Waals surface area contributed by atoms with Gasteiger partial charge in [0, 0.05) is 17.8 Å². The summed E-state index contributed by atoms with van der Waals surface area (Å²) in [5, 5.41) is 0. The maximum atomic E-state index is 13.2. The van der Waals surface area contributed by atoms with Gasteiger partial charge in [0.15, 0.2) is 0 Å². The van der Waals surface area contributed by atoms with Crippen molar-refractivity contribution in [1.29, 1.82) is 0 Å². The van der Waals surface area contributed by atoms with Crippen LogP contribution in [0.25, 0.3) is 0 Å². The van der Waals surface area contributed by atoms with Gasteiger partial charge < -0.3 is 9.64 Å². The maximum Gasteiger partial charge on any atom is 0.258 e. The van der Waals surface area contributed by atoms with Gasteiger partial charge in [-0.25, -0.2) is 13.1 Å². The lowest BCUT2D eigenvalue weighted by Gasteiger charge is -2.31. The van der Waals surface area contributed by atoms with Crippen LogP contribution in [0.15, 0.2) is 35.2 Å². The van der Waals surface area contributed by atoms with E-state index in [0.29, 0.717) is 12.1 Å². The summed E-state index contributed by atoms with van der Waals surface area (Å²) >= 11 is 0. The molecule has 0 aromatic heterocycles. The van der Waals surface area contributed by atoms with Crippen molar-refractivity contribution in [3.8, 4) is 5.75 Å². The molecule has 0 saturated carbocycles. The van der Waals surface area contributed by atoms with Crippen molar-refractivity contribution in [2.45, 2.75) is 31.6 Å². The average Bonchev–Trinajstić information content (AvgIpc) is 2.66. The molecule has 27 heavy (non-hydrogen) atoms. The predicted molar refractivity (Wildman–Crippen MR) is 105 cm³/mol. The molecule has 0 spiro atoms. The van der Waals surface area contributed by atoms with Gasteiger partial charge in [-0.05, 0) is 74.7 Å². The topological polar surface area (TPSA) is 75.7 Å². The van der Waals surface area contributed by atoms with Crippen LogP contribution in [-0.4, -0.2) is 35.0 Å². The lowest BCUT2D eigenvalue weighted by atomic mass is 9.94. The summed E-state index contributed by atoms with van der Waals surface area (Å²) in [5.41, 5.74) is 4.68. The summed E-state index contributed by atoms with van der Waals surface area (Å²) in [4.78, 5) is 14.9. The van der Waals surface area contributed by atoms with Gasteiger partial charge in [-0.15, -0.1) is 0 Å². The first kappa shape index (κ1) is 19.4. The van der Waals surface area contributed by atoms with Crippen molar-refractivity contribution < 1.29 is 17.9 Å². The van der Waals surface area contributed by atoms with E-state index in [4.69, 9.17) is 4.74 Å². The van der Waals surface area contributed by atoms with E-state index in [9.17, 15) is 13.2 Å². The van der Waals surface area contributed by atoms with Crippen LogP contribution < -0.4 is 14.4 Å². The van der Waals surface area contributed by atoms with Crippen molar-refractivity contribution in [2.24, 2.45) is 0 Å². The second kappa shape index (κ2) is 7.32. The van der Waals surface area contributed by atoms with E-state index in [0.717, 1.165) is 24.1 Å². The third-order valence-electron chi connectivity index (χ3n) is 4.91. The molecule has 0 radical (unpaired) electrons. The van der Waals surface area contributed by atoms with Crippen molar-refractivity contribution in [3.63, 3.8) is 0 Å². The molecule has 144 valence electrons. The molecule has 1 amide bonds. The number of hydrogen-bond acceptors (Lipinski definition) is 4. The monoisotopic (exact) mass is 388 g/mol. The zero-order valence-corrected chi connectivity index (χ0v) is 16.8. The fourth-order valence-corrected chi connectivity index (χ4v) is 4.49. The van der Waals surface area contributed by atoms with Crippen LogP contribution in [0, 0.1) is 13.8 Å². The first-order valence-electron chi connectivity index (χ1n) is 8.82. The highest BCUT2D eigenvalue weighted by Crippen LogP contribution is 2.33. The highest BCUT2D eigenvalue weighted by Gasteiger charge is 2.27. The Morgan fingerprint density at radius 2 is 1.93 bits per heavy atom. The minimum atomic E-state index is -3.75. The van der Waals surface area contributed by atoms with E-state index in [2.05, 4.69) is 17.7 Å². The molecule has 1 aliphatic rings. The Hall–Kier alpha value is -2.38. The SMILES string of the molecule is CNS(=O)(=O)c1cc(C(=O)N2CCCc3c(C)cc(C)cc32)ccc1OC. The molecule has 2 aromatic rings. The Bertz CT molecular complexity index is 999. The standard InChI is InChI=1S/C20H24N2O4S/c1-13-10-14(2)16-6-5-9-22(17(16)11-13)20(23)15-7-8-18(26-4)19(12-15)27(24,25)21-3/h7-8,10-12,21H,5-6,9H2,1-4H3. The van der Waals surface area contributed by atoms with Gasteiger partial charge in [0.05, 0.1) is 7.11 Å². The number of amides is 1. The molecule has 3 rings (SSSR count). The third kappa shape index (κ3) is 3.57. The minimum absolute atomic E-state index is 0.0454. The summed E-state index contributed by atoms with van der Waals surface area (Å²) in [6.45, 7) is 4.68. The Morgan fingerprint density at radius 1 is 1.19 bits per heavy atom. The number of carbonyl (C=O) groups excluding carboxylic acids is 1. The molecule has 0 saturated heterocycles. The summed E-state index contributed by atoms with van der Waals surface area (Å²) in [7, 11) is -1.02. The zero-order chi connectivity index (χ0) is 19.8. The summed E-state index contributed by atoms with van der Waals surface area (Å²) in [5.74, 6) is -0.0113. The first-order chi connectivity index (χ1) is 12.8. The summed E-state index contributed by atoms with van der Waals surface area (Å²) in [6.07, 6.45) is 1.81. The van der Waals surface area contributed by atoms with E-state index in [1.165, 1.54) is 37.4 Å². The van der Waals surface area contributed by atoms with Crippen LogP contribution in [0.1, 0.15) is 33.5 Å². The van der Waals surface area contributed by atoms with Crippen LogP contribution in [-0.2, 0) is 16.4 Å². The molecule has 0 aliphatic carbocycles. The summed E-state index contributed by atoms with van der Waals surface area (Å²) < 4.78 is 32.0. The maximum absolute atomic E-state index is 13.2. The number of ether oxygens (including phenoxy) is 1.